The van der Waals surface area contributed by atoms with Crippen LogP contribution in [0.4, 0.5) is 4.39 Å². The molecular weight excluding hydrogens is 279 g/mol. The van der Waals surface area contributed by atoms with Gasteiger partial charge < -0.3 is 9.84 Å². The molecule has 0 fully saturated rings. The molecule has 0 radical (unpaired) electrons. The average Bonchev–Trinajstić information content (AvgIpc) is 2.22. The quantitative estimate of drug-likeness (QED) is 0.927. The first-order valence-electron chi connectivity index (χ1n) is 4.70. The molecule has 0 aliphatic rings. The predicted octanol–water partition coefficient (Wildman–Crippen LogP) is 2.86. The van der Waals surface area contributed by atoms with Gasteiger partial charge >= 0.3 is 5.97 Å². The van der Waals surface area contributed by atoms with Gasteiger partial charge in [0.1, 0.15) is 11.6 Å². The summed E-state index contributed by atoms with van der Waals surface area (Å²) in [6.07, 6.45) is 0.254. The lowest BCUT2D eigenvalue weighted by atomic mass is 10.0. The highest BCUT2D eigenvalue weighted by Crippen LogP contribution is 2.31. The first-order valence-corrected chi connectivity index (χ1v) is 5.49. The summed E-state index contributed by atoms with van der Waals surface area (Å²) < 4.78 is 18.8. The first kappa shape index (κ1) is 13.0. The fourth-order valence-corrected chi connectivity index (χ4v) is 1.89. The van der Waals surface area contributed by atoms with Crippen LogP contribution in [0.25, 0.3) is 0 Å². The Hall–Kier alpha value is -1.10. The van der Waals surface area contributed by atoms with Crippen molar-refractivity contribution in [2.24, 2.45) is 5.92 Å². The lowest BCUT2D eigenvalue weighted by Crippen LogP contribution is -2.12. The molecule has 0 aromatic heterocycles. The minimum atomic E-state index is -0.907. The zero-order valence-electron chi connectivity index (χ0n) is 8.96. The molecule has 0 heterocycles. The molecule has 0 aliphatic heterocycles. The number of aliphatic carboxylic acids is 1. The lowest BCUT2D eigenvalue weighted by molar-refractivity contribution is -0.141. The van der Waals surface area contributed by atoms with E-state index in [9.17, 15) is 9.18 Å². The second kappa shape index (κ2) is 5.30. The van der Waals surface area contributed by atoms with Crippen molar-refractivity contribution < 1.29 is 19.0 Å². The second-order valence-corrected chi connectivity index (χ2v) is 4.32. The summed E-state index contributed by atoms with van der Waals surface area (Å²) >= 11 is 3.27. The van der Waals surface area contributed by atoms with Gasteiger partial charge in [0, 0.05) is 6.07 Å². The Morgan fingerprint density at radius 1 is 1.62 bits per heavy atom. The molecule has 1 unspecified atom stereocenters. The Bertz CT molecular complexity index is 406. The average molecular weight is 291 g/mol. The number of carbonyl (C=O) groups is 1. The summed E-state index contributed by atoms with van der Waals surface area (Å²) in [5.41, 5.74) is 0.590. The van der Waals surface area contributed by atoms with Crippen LogP contribution in [-0.2, 0) is 11.2 Å². The van der Waals surface area contributed by atoms with Crippen molar-refractivity contribution >= 4 is 21.9 Å². The number of methoxy groups -OCH3 is 1. The monoisotopic (exact) mass is 290 g/mol. The van der Waals surface area contributed by atoms with E-state index in [2.05, 4.69) is 15.9 Å². The molecule has 3 nitrogen and oxygen atoms in total. The molecule has 16 heavy (non-hydrogen) atoms. The smallest absolute Gasteiger partial charge is 0.306 e. The molecule has 0 bridgehead atoms. The van der Waals surface area contributed by atoms with Crippen LogP contribution in [0.5, 0.6) is 5.75 Å². The summed E-state index contributed by atoms with van der Waals surface area (Å²) in [5.74, 6) is -1.54. The van der Waals surface area contributed by atoms with Gasteiger partial charge in [0.05, 0.1) is 17.5 Å². The van der Waals surface area contributed by atoms with Gasteiger partial charge in [-0.05, 0) is 34.0 Å². The van der Waals surface area contributed by atoms with Crippen molar-refractivity contribution in [1.29, 1.82) is 0 Å². The minimum absolute atomic E-state index is 0.254. The van der Waals surface area contributed by atoms with Crippen molar-refractivity contribution in [3.63, 3.8) is 0 Å². The zero-order chi connectivity index (χ0) is 12.3. The van der Waals surface area contributed by atoms with E-state index in [1.807, 2.05) is 0 Å². The topological polar surface area (TPSA) is 46.5 Å². The van der Waals surface area contributed by atoms with Crippen LogP contribution in [-0.4, -0.2) is 18.2 Å². The molecule has 1 N–H and O–H groups in total. The van der Waals surface area contributed by atoms with E-state index in [0.29, 0.717) is 15.8 Å². The number of halogens is 2. The maximum absolute atomic E-state index is 13.2. The Morgan fingerprint density at radius 3 is 2.75 bits per heavy atom. The van der Waals surface area contributed by atoms with Crippen LogP contribution in [0.15, 0.2) is 16.6 Å². The third kappa shape index (κ3) is 2.95. The summed E-state index contributed by atoms with van der Waals surface area (Å²) in [6.45, 7) is 1.58. The van der Waals surface area contributed by atoms with Crippen molar-refractivity contribution in [2.45, 2.75) is 13.3 Å². The molecule has 0 saturated carbocycles. The molecule has 1 rings (SSSR count). The van der Waals surface area contributed by atoms with Crippen LogP contribution in [0.2, 0.25) is 0 Å². The zero-order valence-corrected chi connectivity index (χ0v) is 10.5. The van der Waals surface area contributed by atoms with E-state index in [1.54, 1.807) is 6.92 Å². The molecule has 0 amide bonds. The maximum Gasteiger partial charge on any atom is 0.306 e. The van der Waals surface area contributed by atoms with Gasteiger partial charge in [-0.15, -0.1) is 0 Å². The molecule has 0 spiro atoms. The molecule has 0 aliphatic carbocycles. The van der Waals surface area contributed by atoms with Gasteiger partial charge in [0.2, 0.25) is 0 Å². The maximum atomic E-state index is 13.2. The Balaban J connectivity index is 3.04. The molecule has 1 aromatic carbocycles. The summed E-state index contributed by atoms with van der Waals surface area (Å²) in [5, 5.41) is 8.79. The Labute approximate surface area is 101 Å². The van der Waals surface area contributed by atoms with Crippen LogP contribution in [0, 0.1) is 11.7 Å². The number of hydrogen-bond acceptors (Lipinski definition) is 2. The third-order valence-corrected chi connectivity index (χ3v) is 3.15. The number of carboxylic acids is 1. The summed E-state index contributed by atoms with van der Waals surface area (Å²) in [7, 11) is 1.43. The first-order chi connectivity index (χ1) is 7.45. The van der Waals surface area contributed by atoms with Crippen molar-refractivity contribution in [3.05, 3.63) is 28.0 Å². The fourth-order valence-electron chi connectivity index (χ4n) is 1.33. The molecular formula is C11H12BrFO3. The highest BCUT2D eigenvalue weighted by molar-refractivity contribution is 9.10. The minimum Gasteiger partial charge on any atom is -0.495 e. The molecule has 88 valence electrons. The number of ether oxygens (including phenoxy) is 1. The van der Waals surface area contributed by atoms with Gasteiger partial charge in [-0.2, -0.15) is 0 Å². The van der Waals surface area contributed by atoms with Gasteiger partial charge in [-0.3, -0.25) is 4.79 Å². The third-order valence-electron chi connectivity index (χ3n) is 2.25. The van der Waals surface area contributed by atoms with Gasteiger partial charge in [0.15, 0.2) is 0 Å². The van der Waals surface area contributed by atoms with Crippen LogP contribution >= 0.6 is 15.9 Å². The standard InChI is InChI=1S/C11H12BrFO3/c1-6(11(14)15)3-7-4-8(13)5-9(16-2)10(7)12/h4-6H,3H2,1-2H3,(H,14,15). The van der Waals surface area contributed by atoms with Crippen molar-refractivity contribution in [2.75, 3.05) is 7.11 Å². The number of rotatable bonds is 4. The van der Waals surface area contributed by atoms with E-state index >= 15 is 0 Å². The van der Waals surface area contributed by atoms with E-state index in [4.69, 9.17) is 9.84 Å². The van der Waals surface area contributed by atoms with Crippen molar-refractivity contribution in [1.82, 2.24) is 0 Å². The van der Waals surface area contributed by atoms with Crippen LogP contribution in [0.3, 0.4) is 0 Å². The van der Waals surface area contributed by atoms with Gasteiger partial charge in [-0.1, -0.05) is 6.92 Å². The number of carboxylic acid groups (broad SMARTS) is 1. The van der Waals surface area contributed by atoms with E-state index in [1.165, 1.54) is 19.2 Å². The second-order valence-electron chi connectivity index (χ2n) is 3.52. The Kier molecular flexibility index (Phi) is 4.29. The highest BCUT2D eigenvalue weighted by atomic mass is 79.9. The van der Waals surface area contributed by atoms with E-state index in [-0.39, 0.29) is 6.42 Å². The van der Waals surface area contributed by atoms with Crippen molar-refractivity contribution in [3.8, 4) is 5.75 Å². The molecule has 5 heteroatoms. The number of hydrogen-bond donors (Lipinski definition) is 1. The van der Waals surface area contributed by atoms with Gasteiger partial charge in [-0.25, -0.2) is 4.39 Å². The predicted molar refractivity (Wildman–Crippen MR) is 61.2 cm³/mol. The van der Waals surface area contributed by atoms with Crippen LogP contribution in [0.1, 0.15) is 12.5 Å². The number of benzene rings is 1. The van der Waals surface area contributed by atoms with Gasteiger partial charge in [0.25, 0.3) is 0 Å². The van der Waals surface area contributed by atoms with Crippen LogP contribution < -0.4 is 4.74 Å². The fraction of sp³-hybridized carbons (Fsp3) is 0.364. The molecule has 1 aromatic rings. The normalized spacial score (nSPS) is 12.2. The lowest BCUT2D eigenvalue weighted by Gasteiger charge is -2.11. The molecule has 0 saturated heterocycles. The Morgan fingerprint density at radius 2 is 2.25 bits per heavy atom. The van der Waals surface area contributed by atoms with E-state index in [0.717, 1.165) is 0 Å². The SMILES string of the molecule is COc1cc(F)cc(CC(C)C(=O)O)c1Br. The summed E-state index contributed by atoms with van der Waals surface area (Å²) in [4.78, 5) is 10.7. The van der Waals surface area contributed by atoms with E-state index < -0.39 is 17.7 Å². The summed E-state index contributed by atoms with van der Waals surface area (Å²) in [6, 6.07) is 2.56. The highest BCUT2D eigenvalue weighted by Gasteiger charge is 2.16. The largest absolute Gasteiger partial charge is 0.495 e. The molecule has 1 atom stereocenters.